The number of anilines is 1. The second-order valence-electron chi connectivity index (χ2n) is 5.22. The van der Waals surface area contributed by atoms with Crippen LogP contribution in [0.25, 0.3) is 0 Å². The molecule has 0 saturated heterocycles. The highest BCUT2D eigenvalue weighted by Gasteiger charge is 2.19. The quantitative estimate of drug-likeness (QED) is 0.778. The van der Waals surface area contributed by atoms with Crippen molar-refractivity contribution in [1.82, 2.24) is 9.36 Å². The summed E-state index contributed by atoms with van der Waals surface area (Å²) in [5.74, 6) is 0.909. The Morgan fingerprint density at radius 2 is 2.12 bits per heavy atom. The average Bonchev–Trinajstić information content (AvgIpc) is 2.59. The summed E-state index contributed by atoms with van der Waals surface area (Å²) >= 11 is 1.43. The van der Waals surface area contributed by atoms with E-state index in [9.17, 15) is 0 Å². The van der Waals surface area contributed by atoms with Gasteiger partial charge >= 0.3 is 0 Å². The lowest BCUT2D eigenvalue weighted by atomic mass is 9.96. The highest BCUT2D eigenvalue weighted by atomic mass is 32.1. The van der Waals surface area contributed by atoms with Crippen LogP contribution < -0.4 is 11.1 Å². The van der Waals surface area contributed by atoms with E-state index in [1.54, 1.807) is 0 Å². The van der Waals surface area contributed by atoms with Crippen molar-refractivity contribution in [3.8, 4) is 0 Å². The summed E-state index contributed by atoms with van der Waals surface area (Å²) in [5, 5.41) is 4.19. The summed E-state index contributed by atoms with van der Waals surface area (Å²) in [6, 6.07) is 0.279. The van der Waals surface area contributed by atoms with Gasteiger partial charge in [0.2, 0.25) is 5.13 Å². The summed E-state index contributed by atoms with van der Waals surface area (Å²) in [6.45, 7) is 9.31. The van der Waals surface area contributed by atoms with Gasteiger partial charge in [0.05, 0.1) is 0 Å². The fourth-order valence-electron chi connectivity index (χ4n) is 1.22. The molecule has 3 N–H and O–H groups in total. The molecule has 1 unspecified atom stereocenters. The van der Waals surface area contributed by atoms with Crippen LogP contribution in [0.1, 0.15) is 46.4 Å². The zero-order valence-corrected chi connectivity index (χ0v) is 11.4. The second kappa shape index (κ2) is 5.59. The van der Waals surface area contributed by atoms with E-state index in [-0.39, 0.29) is 11.5 Å². The smallest absolute Gasteiger partial charge is 0.202 e. The fourth-order valence-corrected chi connectivity index (χ4v) is 2.00. The molecule has 0 aliphatic heterocycles. The van der Waals surface area contributed by atoms with Crippen molar-refractivity contribution in [2.75, 3.05) is 11.9 Å². The molecule has 1 heterocycles. The molecule has 0 bridgehead atoms. The van der Waals surface area contributed by atoms with Gasteiger partial charge in [-0.3, -0.25) is 0 Å². The van der Waals surface area contributed by atoms with Crippen LogP contribution in [-0.4, -0.2) is 21.9 Å². The summed E-state index contributed by atoms with van der Waals surface area (Å²) in [7, 11) is 0. The van der Waals surface area contributed by atoms with E-state index in [0.717, 1.165) is 30.3 Å². The summed E-state index contributed by atoms with van der Waals surface area (Å²) in [6.07, 6.45) is 2.11. The van der Waals surface area contributed by atoms with Crippen molar-refractivity contribution in [2.45, 2.75) is 52.0 Å². The molecule has 92 valence electrons. The maximum atomic E-state index is 5.68. The van der Waals surface area contributed by atoms with Crippen molar-refractivity contribution < 1.29 is 0 Å². The van der Waals surface area contributed by atoms with Crippen LogP contribution in [0.2, 0.25) is 0 Å². The number of nitrogens with one attached hydrogen (secondary N) is 1. The van der Waals surface area contributed by atoms with Gasteiger partial charge in [-0.15, -0.1) is 0 Å². The fraction of sp³-hybridized carbons (Fsp3) is 0.818. The lowest BCUT2D eigenvalue weighted by Crippen LogP contribution is -2.16. The minimum Gasteiger partial charge on any atom is -0.360 e. The Hall–Kier alpha value is -0.680. The topological polar surface area (TPSA) is 63.8 Å². The van der Waals surface area contributed by atoms with Crippen molar-refractivity contribution in [3.05, 3.63) is 5.82 Å². The SMILES string of the molecule is CC(N)CCCNc1nc(C(C)(C)C)ns1. The Bertz CT molecular complexity index is 314. The van der Waals surface area contributed by atoms with Gasteiger partial charge < -0.3 is 11.1 Å². The predicted octanol–water partition coefficient (Wildman–Crippen LogP) is 2.37. The summed E-state index contributed by atoms with van der Waals surface area (Å²) in [5.41, 5.74) is 5.71. The molecular weight excluding hydrogens is 220 g/mol. The van der Waals surface area contributed by atoms with Gasteiger partial charge in [0.15, 0.2) is 0 Å². The molecule has 1 rings (SSSR count). The van der Waals surface area contributed by atoms with Crippen LogP contribution in [0.4, 0.5) is 5.13 Å². The zero-order valence-electron chi connectivity index (χ0n) is 10.6. The minimum atomic E-state index is 0.0300. The predicted molar refractivity (Wildman–Crippen MR) is 70.0 cm³/mol. The molecule has 5 heteroatoms. The molecule has 16 heavy (non-hydrogen) atoms. The first kappa shape index (κ1) is 13.4. The van der Waals surface area contributed by atoms with E-state index in [0.29, 0.717) is 0 Å². The molecule has 0 amide bonds. The van der Waals surface area contributed by atoms with Gasteiger partial charge in [0, 0.05) is 29.5 Å². The van der Waals surface area contributed by atoms with Crippen molar-refractivity contribution >= 4 is 16.7 Å². The van der Waals surface area contributed by atoms with Crippen molar-refractivity contribution in [2.24, 2.45) is 5.73 Å². The van der Waals surface area contributed by atoms with Crippen LogP contribution in [0.5, 0.6) is 0 Å². The molecule has 4 nitrogen and oxygen atoms in total. The van der Waals surface area contributed by atoms with Crippen molar-refractivity contribution in [1.29, 1.82) is 0 Å². The van der Waals surface area contributed by atoms with Gasteiger partial charge in [-0.1, -0.05) is 20.8 Å². The maximum absolute atomic E-state index is 5.68. The number of hydrogen-bond acceptors (Lipinski definition) is 5. The Morgan fingerprint density at radius 1 is 1.44 bits per heavy atom. The number of nitrogens with zero attached hydrogens (tertiary/aromatic N) is 2. The van der Waals surface area contributed by atoms with Gasteiger partial charge in [-0.25, -0.2) is 4.98 Å². The molecule has 1 aromatic rings. The first-order chi connectivity index (χ1) is 7.39. The van der Waals surface area contributed by atoms with Crippen molar-refractivity contribution in [3.63, 3.8) is 0 Å². The Kier molecular flexibility index (Phi) is 4.68. The van der Waals surface area contributed by atoms with Crippen LogP contribution in [0.3, 0.4) is 0 Å². The van der Waals surface area contributed by atoms with Gasteiger partial charge in [-0.2, -0.15) is 4.37 Å². The first-order valence-electron chi connectivity index (χ1n) is 5.73. The summed E-state index contributed by atoms with van der Waals surface area (Å²) < 4.78 is 4.34. The lowest BCUT2D eigenvalue weighted by Gasteiger charge is -2.12. The number of hydrogen-bond donors (Lipinski definition) is 2. The molecule has 0 aliphatic carbocycles. The second-order valence-corrected chi connectivity index (χ2v) is 5.97. The Balaban J connectivity index is 2.36. The van der Waals surface area contributed by atoms with E-state index in [4.69, 9.17) is 5.73 Å². The van der Waals surface area contributed by atoms with E-state index < -0.39 is 0 Å². The van der Waals surface area contributed by atoms with E-state index >= 15 is 0 Å². The standard InChI is InChI=1S/C11H22N4S/c1-8(12)6-5-7-13-10-14-9(15-16-10)11(2,3)4/h8H,5-7,12H2,1-4H3,(H,13,14,15). The first-order valence-corrected chi connectivity index (χ1v) is 6.50. The highest BCUT2D eigenvalue weighted by Crippen LogP contribution is 2.22. The molecule has 0 saturated carbocycles. The molecule has 0 fully saturated rings. The third-order valence-corrected chi connectivity index (χ3v) is 2.88. The Morgan fingerprint density at radius 3 is 2.62 bits per heavy atom. The van der Waals surface area contributed by atoms with Gasteiger partial charge in [-0.05, 0) is 19.8 Å². The monoisotopic (exact) mass is 242 g/mol. The lowest BCUT2D eigenvalue weighted by molar-refractivity contribution is 0.555. The number of aromatic nitrogens is 2. The van der Waals surface area contributed by atoms with E-state index in [1.165, 1.54) is 11.5 Å². The van der Waals surface area contributed by atoms with Gasteiger partial charge in [0.1, 0.15) is 5.82 Å². The molecular formula is C11H22N4S. The third-order valence-electron chi connectivity index (χ3n) is 2.21. The van der Waals surface area contributed by atoms with Crippen LogP contribution in [0, 0.1) is 0 Å². The third kappa shape index (κ3) is 4.45. The normalized spacial score (nSPS) is 13.8. The van der Waals surface area contributed by atoms with Crippen LogP contribution in [-0.2, 0) is 5.41 Å². The molecule has 0 aliphatic rings. The van der Waals surface area contributed by atoms with Crippen LogP contribution >= 0.6 is 11.5 Å². The average molecular weight is 242 g/mol. The molecule has 1 atom stereocenters. The molecule has 0 radical (unpaired) electrons. The Labute approximate surface area is 102 Å². The van der Waals surface area contributed by atoms with Crippen LogP contribution in [0.15, 0.2) is 0 Å². The molecule has 1 aromatic heterocycles. The highest BCUT2D eigenvalue weighted by molar-refractivity contribution is 7.09. The molecule has 0 spiro atoms. The maximum Gasteiger partial charge on any atom is 0.202 e. The zero-order chi connectivity index (χ0) is 12.2. The minimum absolute atomic E-state index is 0.0300. The number of nitrogens with two attached hydrogens (primary N) is 1. The molecule has 0 aromatic carbocycles. The van der Waals surface area contributed by atoms with E-state index in [1.807, 2.05) is 6.92 Å². The largest absolute Gasteiger partial charge is 0.360 e. The van der Waals surface area contributed by atoms with Gasteiger partial charge in [0.25, 0.3) is 0 Å². The summed E-state index contributed by atoms with van der Waals surface area (Å²) in [4.78, 5) is 4.46. The van der Waals surface area contributed by atoms with E-state index in [2.05, 4.69) is 35.4 Å². The number of rotatable bonds is 5.